The van der Waals surface area contributed by atoms with E-state index in [0.29, 0.717) is 12.1 Å². The first kappa shape index (κ1) is 12.9. The van der Waals surface area contributed by atoms with Crippen LogP contribution in [0.3, 0.4) is 0 Å². The van der Waals surface area contributed by atoms with Crippen molar-refractivity contribution in [1.82, 2.24) is 4.90 Å². The number of nitrogens with zero attached hydrogens (tertiary/aromatic N) is 1. The third kappa shape index (κ3) is 4.49. The summed E-state index contributed by atoms with van der Waals surface area (Å²) in [6.07, 6.45) is 4.98. The highest BCUT2D eigenvalue weighted by Crippen LogP contribution is 2.21. The molecular formula is C12H26N2O. The summed E-state index contributed by atoms with van der Waals surface area (Å²) in [5.74, 6) is 0. The number of rotatable bonds is 6. The molecule has 1 aliphatic rings. The molecular weight excluding hydrogens is 188 g/mol. The number of hydrogen-bond acceptors (Lipinski definition) is 3. The number of nitrogens with two attached hydrogens (primary N) is 1. The van der Waals surface area contributed by atoms with Gasteiger partial charge in [-0.15, -0.1) is 0 Å². The second kappa shape index (κ2) is 7.20. The smallest absolute Gasteiger partial charge is 0.0593 e. The van der Waals surface area contributed by atoms with Gasteiger partial charge in [0.2, 0.25) is 0 Å². The van der Waals surface area contributed by atoms with E-state index in [1.54, 1.807) is 0 Å². The third-order valence-electron chi connectivity index (χ3n) is 3.34. The van der Waals surface area contributed by atoms with Crippen molar-refractivity contribution in [3.8, 4) is 0 Å². The van der Waals surface area contributed by atoms with Gasteiger partial charge in [0.25, 0.3) is 0 Å². The lowest BCUT2D eigenvalue weighted by Gasteiger charge is -2.35. The first-order valence-electron chi connectivity index (χ1n) is 6.35. The lowest BCUT2D eigenvalue weighted by molar-refractivity contribution is 0.0828. The summed E-state index contributed by atoms with van der Waals surface area (Å²) in [5, 5.41) is 0. The maximum atomic E-state index is 6.01. The van der Waals surface area contributed by atoms with Crippen molar-refractivity contribution in [2.75, 3.05) is 26.3 Å². The van der Waals surface area contributed by atoms with Crippen LogP contribution in [-0.4, -0.2) is 43.3 Å². The van der Waals surface area contributed by atoms with Crippen molar-refractivity contribution in [1.29, 1.82) is 0 Å². The Labute approximate surface area is 94.0 Å². The molecule has 15 heavy (non-hydrogen) atoms. The highest BCUT2D eigenvalue weighted by atomic mass is 16.5. The Kier molecular flexibility index (Phi) is 6.22. The first-order chi connectivity index (χ1) is 7.27. The molecule has 2 unspecified atom stereocenters. The number of hydrogen-bond donors (Lipinski definition) is 1. The third-order valence-corrected chi connectivity index (χ3v) is 3.34. The standard InChI is InChI=1S/C12H26N2O/c1-3-14(8-9-15-4-2)12-7-5-6-11(13)10-12/h11-12H,3-10,13H2,1-2H3. The molecule has 0 bridgehead atoms. The van der Waals surface area contributed by atoms with Crippen LogP contribution in [0.25, 0.3) is 0 Å². The molecule has 2 N–H and O–H groups in total. The van der Waals surface area contributed by atoms with Crippen molar-refractivity contribution < 1.29 is 4.74 Å². The van der Waals surface area contributed by atoms with E-state index in [1.807, 2.05) is 6.92 Å². The lowest BCUT2D eigenvalue weighted by Crippen LogP contribution is -2.43. The normalized spacial score (nSPS) is 27.2. The molecule has 0 aromatic rings. The van der Waals surface area contributed by atoms with E-state index in [2.05, 4.69) is 11.8 Å². The van der Waals surface area contributed by atoms with Crippen LogP contribution in [-0.2, 0) is 4.74 Å². The van der Waals surface area contributed by atoms with Gasteiger partial charge in [-0.1, -0.05) is 13.3 Å². The largest absolute Gasteiger partial charge is 0.380 e. The Morgan fingerprint density at radius 1 is 1.33 bits per heavy atom. The summed E-state index contributed by atoms with van der Waals surface area (Å²) in [5.41, 5.74) is 6.01. The molecule has 1 rings (SSSR count). The Balaban J connectivity index is 2.29. The van der Waals surface area contributed by atoms with Gasteiger partial charge in [-0.3, -0.25) is 4.90 Å². The maximum Gasteiger partial charge on any atom is 0.0593 e. The summed E-state index contributed by atoms with van der Waals surface area (Å²) in [6.45, 7) is 8.13. The van der Waals surface area contributed by atoms with Crippen LogP contribution in [0.5, 0.6) is 0 Å². The fraction of sp³-hybridized carbons (Fsp3) is 1.00. The Hall–Kier alpha value is -0.120. The highest BCUT2D eigenvalue weighted by molar-refractivity contribution is 4.81. The van der Waals surface area contributed by atoms with E-state index >= 15 is 0 Å². The van der Waals surface area contributed by atoms with Crippen molar-refractivity contribution in [3.63, 3.8) is 0 Å². The van der Waals surface area contributed by atoms with Crippen LogP contribution in [0.4, 0.5) is 0 Å². The maximum absolute atomic E-state index is 6.01. The summed E-state index contributed by atoms with van der Waals surface area (Å²) in [4.78, 5) is 2.52. The molecule has 3 nitrogen and oxygen atoms in total. The van der Waals surface area contributed by atoms with Crippen LogP contribution < -0.4 is 5.73 Å². The van der Waals surface area contributed by atoms with Gasteiger partial charge in [-0.25, -0.2) is 0 Å². The molecule has 1 fully saturated rings. The van der Waals surface area contributed by atoms with E-state index in [-0.39, 0.29) is 0 Å². The van der Waals surface area contributed by atoms with Crippen molar-refractivity contribution >= 4 is 0 Å². The quantitative estimate of drug-likeness (QED) is 0.683. The van der Waals surface area contributed by atoms with Crippen molar-refractivity contribution in [3.05, 3.63) is 0 Å². The second-order valence-corrected chi connectivity index (χ2v) is 4.41. The van der Waals surface area contributed by atoms with Gasteiger partial charge in [0.1, 0.15) is 0 Å². The summed E-state index contributed by atoms with van der Waals surface area (Å²) < 4.78 is 5.41. The van der Waals surface area contributed by atoms with Crippen LogP contribution in [0.15, 0.2) is 0 Å². The molecule has 0 amide bonds. The molecule has 0 aliphatic heterocycles. The average Bonchev–Trinajstić information content (AvgIpc) is 2.24. The minimum absolute atomic E-state index is 0.421. The van der Waals surface area contributed by atoms with E-state index in [4.69, 9.17) is 10.5 Å². The topological polar surface area (TPSA) is 38.5 Å². The summed E-state index contributed by atoms with van der Waals surface area (Å²) in [6, 6.07) is 1.11. The minimum Gasteiger partial charge on any atom is -0.380 e. The highest BCUT2D eigenvalue weighted by Gasteiger charge is 2.23. The molecule has 3 heteroatoms. The van der Waals surface area contributed by atoms with Gasteiger partial charge in [0, 0.05) is 25.2 Å². The van der Waals surface area contributed by atoms with Crippen LogP contribution in [0, 0.1) is 0 Å². The second-order valence-electron chi connectivity index (χ2n) is 4.41. The van der Waals surface area contributed by atoms with E-state index in [9.17, 15) is 0 Å². The molecule has 0 saturated heterocycles. The SMILES string of the molecule is CCOCCN(CC)C1CCCC(N)C1. The van der Waals surface area contributed by atoms with Crippen molar-refractivity contribution in [2.45, 2.75) is 51.6 Å². The lowest BCUT2D eigenvalue weighted by atomic mass is 9.90. The average molecular weight is 214 g/mol. The van der Waals surface area contributed by atoms with Crippen molar-refractivity contribution in [2.24, 2.45) is 5.73 Å². The van der Waals surface area contributed by atoms with E-state index in [1.165, 1.54) is 25.7 Å². The molecule has 1 saturated carbocycles. The van der Waals surface area contributed by atoms with Gasteiger partial charge in [-0.05, 0) is 32.7 Å². The first-order valence-corrected chi connectivity index (χ1v) is 6.35. The fourth-order valence-corrected chi connectivity index (χ4v) is 2.46. The zero-order chi connectivity index (χ0) is 11.1. The van der Waals surface area contributed by atoms with Crippen LogP contribution in [0.1, 0.15) is 39.5 Å². The van der Waals surface area contributed by atoms with Gasteiger partial charge in [0.15, 0.2) is 0 Å². The fourth-order valence-electron chi connectivity index (χ4n) is 2.46. The molecule has 2 atom stereocenters. The molecule has 0 aromatic heterocycles. The molecule has 0 radical (unpaired) electrons. The zero-order valence-electron chi connectivity index (χ0n) is 10.2. The number of ether oxygens (including phenoxy) is 1. The molecule has 90 valence electrons. The zero-order valence-corrected chi connectivity index (χ0v) is 10.2. The van der Waals surface area contributed by atoms with Crippen LogP contribution >= 0.6 is 0 Å². The summed E-state index contributed by atoms with van der Waals surface area (Å²) in [7, 11) is 0. The van der Waals surface area contributed by atoms with E-state index < -0.39 is 0 Å². The van der Waals surface area contributed by atoms with Crippen LogP contribution in [0.2, 0.25) is 0 Å². The Bertz CT molecular complexity index is 164. The predicted octanol–water partition coefficient (Wildman–Crippen LogP) is 1.61. The number of likely N-dealkylation sites (N-methyl/N-ethyl adjacent to an activating group) is 1. The predicted molar refractivity (Wildman–Crippen MR) is 64.0 cm³/mol. The Morgan fingerprint density at radius 2 is 2.13 bits per heavy atom. The molecule has 0 heterocycles. The molecule has 0 aromatic carbocycles. The van der Waals surface area contributed by atoms with Gasteiger partial charge < -0.3 is 10.5 Å². The molecule has 0 spiro atoms. The monoisotopic (exact) mass is 214 g/mol. The summed E-state index contributed by atoms with van der Waals surface area (Å²) >= 11 is 0. The minimum atomic E-state index is 0.421. The molecule has 1 aliphatic carbocycles. The van der Waals surface area contributed by atoms with Gasteiger partial charge >= 0.3 is 0 Å². The van der Waals surface area contributed by atoms with E-state index in [0.717, 1.165) is 26.3 Å². The van der Waals surface area contributed by atoms with Gasteiger partial charge in [-0.2, -0.15) is 0 Å². The van der Waals surface area contributed by atoms with Gasteiger partial charge in [0.05, 0.1) is 6.61 Å². The Morgan fingerprint density at radius 3 is 2.73 bits per heavy atom.